The lowest BCUT2D eigenvalue weighted by Gasteiger charge is -2.35. The number of esters is 2. The highest BCUT2D eigenvalue weighted by molar-refractivity contribution is 5.99. The van der Waals surface area contributed by atoms with Crippen LogP contribution in [0.2, 0.25) is 0 Å². The number of nitrogens with two attached hydrogens (primary N) is 1. The molecule has 3 aromatic rings. The quantitative estimate of drug-likeness (QED) is 0.323. The Balaban J connectivity index is 1.48. The fourth-order valence-corrected chi connectivity index (χ4v) is 6.64. The van der Waals surface area contributed by atoms with Crippen LogP contribution in [-0.2, 0) is 42.6 Å². The van der Waals surface area contributed by atoms with E-state index in [0.29, 0.717) is 34.7 Å². The fourth-order valence-electron chi connectivity index (χ4n) is 6.64. The van der Waals surface area contributed by atoms with Gasteiger partial charge in [-0.15, -0.1) is 0 Å². The number of cyclic esters (lactones) is 1. The lowest BCUT2D eigenvalue weighted by Crippen LogP contribution is -2.47. The van der Waals surface area contributed by atoms with Crippen molar-refractivity contribution in [3.05, 3.63) is 51.3 Å². The minimum absolute atomic E-state index is 0.139. The molecule has 4 aliphatic rings. The molecule has 2 fully saturated rings. The molecule has 0 aliphatic carbocycles. The second-order valence-electron chi connectivity index (χ2n) is 10.6. The first-order valence-corrected chi connectivity index (χ1v) is 13.1. The van der Waals surface area contributed by atoms with Crippen molar-refractivity contribution in [3.8, 4) is 11.4 Å². The molecule has 2 saturated heterocycles. The van der Waals surface area contributed by atoms with Gasteiger partial charge in [0.2, 0.25) is 5.60 Å². The van der Waals surface area contributed by atoms with Crippen molar-refractivity contribution in [1.82, 2.24) is 9.55 Å². The molecule has 1 unspecified atom stereocenters. The van der Waals surface area contributed by atoms with Crippen LogP contribution in [0.3, 0.4) is 0 Å². The Labute approximate surface area is 218 Å². The standard InChI is InChI=1S/C28H28N4O6/c1-3-28(38-14(2)33)21-9-23-24-19(12-32(23)26(34)20(21)13-36-27(28)35)25(18-8-15(29)4-7-22(18)30-24)31-10-16-5-6-17(11-31)37-16/h4,7-9,16-17H,3,5-6,10-13,29H2,1-2H3/t16-,17+,28?. The van der Waals surface area contributed by atoms with Crippen LogP contribution in [0.5, 0.6) is 0 Å². The van der Waals surface area contributed by atoms with Gasteiger partial charge in [0.05, 0.1) is 46.9 Å². The third-order valence-electron chi connectivity index (χ3n) is 8.33. The third-order valence-corrected chi connectivity index (χ3v) is 8.33. The molecular weight excluding hydrogens is 488 g/mol. The number of rotatable bonds is 3. The molecule has 3 atom stereocenters. The highest BCUT2D eigenvalue weighted by Gasteiger charge is 2.50. The van der Waals surface area contributed by atoms with Crippen molar-refractivity contribution in [2.24, 2.45) is 0 Å². The number of aromatic nitrogens is 2. The summed E-state index contributed by atoms with van der Waals surface area (Å²) in [6.07, 6.45) is 2.54. The largest absolute Gasteiger partial charge is 0.457 e. The summed E-state index contributed by atoms with van der Waals surface area (Å²) in [7, 11) is 0. The van der Waals surface area contributed by atoms with Crippen LogP contribution in [0.4, 0.5) is 11.4 Å². The third kappa shape index (κ3) is 3.16. The van der Waals surface area contributed by atoms with Crippen molar-refractivity contribution in [2.45, 2.75) is 64.1 Å². The van der Waals surface area contributed by atoms with E-state index >= 15 is 0 Å². The fraction of sp³-hybridized carbons (Fsp3) is 0.429. The molecule has 10 heteroatoms. The van der Waals surface area contributed by atoms with Crippen LogP contribution in [0, 0.1) is 0 Å². The molecule has 1 aromatic carbocycles. The van der Waals surface area contributed by atoms with E-state index in [-0.39, 0.29) is 30.8 Å². The van der Waals surface area contributed by atoms with Gasteiger partial charge in [0.25, 0.3) is 5.56 Å². The minimum atomic E-state index is -1.67. The van der Waals surface area contributed by atoms with Gasteiger partial charge < -0.3 is 29.4 Å². The summed E-state index contributed by atoms with van der Waals surface area (Å²) in [5.41, 5.74) is 9.61. The van der Waals surface area contributed by atoms with Gasteiger partial charge in [0, 0.05) is 42.2 Å². The topological polar surface area (TPSA) is 126 Å². The first-order valence-electron chi connectivity index (χ1n) is 13.1. The zero-order chi connectivity index (χ0) is 26.3. The Hall–Kier alpha value is -3.92. The summed E-state index contributed by atoms with van der Waals surface area (Å²) in [6.45, 7) is 4.66. The summed E-state index contributed by atoms with van der Waals surface area (Å²) in [6, 6.07) is 7.46. The van der Waals surface area contributed by atoms with Crippen LogP contribution >= 0.6 is 0 Å². The smallest absolute Gasteiger partial charge is 0.355 e. The average Bonchev–Trinajstić information content (AvgIpc) is 3.43. The zero-order valence-electron chi connectivity index (χ0n) is 21.3. The monoisotopic (exact) mass is 516 g/mol. The SMILES string of the molecule is CCC1(OC(C)=O)C(=O)OCc2c1cc1n(c2=O)Cc2c-1nc1ccc(N)cc1c2N1C[C@H]2CC[C@@H](C1)O2. The second-order valence-corrected chi connectivity index (χ2v) is 10.6. The molecule has 0 spiro atoms. The Morgan fingerprint density at radius 2 is 1.95 bits per heavy atom. The van der Waals surface area contributed by atoms with Gasteiger partial charge in [-0.1, -0.05) is 6.92 Å². The van der Waals surface area contributed by atoms with E-state index in [1.165, 1.54) is 6.92 Å². The first kappa shape index (κ1) is 23.2. The Bertz CT molecular complexity index is 1600. The lowest BCUT2D eigenvalue weighted by atomic mass is 9.85. The van der Waals surface area contributed by atoms with E-state index in [9.17, 15) is 14.4 Å². The van der Waals surface area contributed by atoms with E-state index in [1.54, 1.807) is 17.6 Å². The number of pyridine rings is 2. The highest BCUT2D eigenvalue weighted by Crippen LogP contribution is 2.45. The highest BCUT2D eigenvalue weighted by atomic mass is 16.6. The van der Waals surface area contributed by atoms with Crippen LogP contribution in [-0.4, -0.2) is 46.8 Å². The maximum Gasteiger partial charge on any atom is 0.355 e. The number of ether oxygens (including phenoxy) is 3. The van der Waals surface area contributed by atoms with Crippen molar-refractivity contribution in [2.75, 3.05) is 23.7 Å². The zero-order valence-corrected chi connectivity index (χ0v) is 21.3. The van der Waals surface area contributed by atoms with E-state index in [4.69, 9.17) is 24.9 Å². The predicted octanol–water partition coefficient (Wildman–Crippen LogP) is 2.60. The number of hydrogen-bond acceptors (Lipinski definition) is 9. The average molecular weight is 517 g/mol. The van der Waals surface area contributed by atoms with Gasteiger partial charge in [-0.25, -0.2) is 9.78 Å². The summed E-state index contributed by atoms with van der Waals surface area (Å²) in [4.78, 5) is 46.2. The molecule has 2 bridgehead atoms. The molecule has 196 valence electrons. The van der Waals surface area contributed by atoms with Gasteiger partial charge in [-0.3, -0.25) is 9.59 Å². The van der Waals surface area contributed by atoms with E-state index < -0.39 is 17.5 Å². The van der Waals surface area contributed by atoms with Crippen LogP contribution in [0.1, 0.15) is 49.8 Å². The Morgan fingerprint density at radius 1 is 1.18 bits per heavy atom. The normalized spacial score (nSPS) is 25.1. The van der Waals surface area contributed by atoms with Gasteiger partial charge >= 0.3 is 11.9 Å². The number of nitrogen functional groups attached to an aromatic ring is 1. The summed E-state index contributed by atoms with van der Waals surface area (Å²) in [5, 5.41) is 0.942. The maximum absolute atomic E-state index is 13.9. The van der Waals surface area contributed by atoms with E-state index in [1.807, 2.05) is 18.2 Å². The number of carbonyl (C=O) groups excluding carboxylic acids is 2. The summed E-state index contributed by atoms with van der Waals surface area (Å²) >= 11 is 0. The lowest BCUT2D eigenvalue weighted by molar-refractivity contribution is -0.188. The molecule has 7 rings (SSSR count). The first-order chi connectivity index (χ1) is 18.3. The number of benzene rings is 1. The molecule has 0 saturated carbocycles. The van der Waals surface area contributed by atoms with Crippen LogP contribution < -0.4 is 16.2 Å². The van der Waals surface area contributed by atoms with E-state index in [2.05, 4.69) is 4.90 Å². The minimum Gasteiger partial charge on any atom is -0.457 e. The van der Waals surface area contributed by atoms with Crippen molar-refractivity contribution >= 4 is 34.2 Å². The second kappa shape index (κ2) is 8.04. The number of hydrogen-bond donors (Lipinski definition) is 1. The number of carbonyl (C=O) groups is 2. The molecule has 6 heterocycles. The number of anilines is 2. The summed E-state index contributed by atoms with van der Waals surface area (Å²) in [5.74, 6) is -1.29. The van der Waals surface area contributed by atoms with Crippen molar-refractivity contribution in [1.29, 1.82) is 0 Å². The van der Waals surface area contributed by atoms with Gasteiger partial charge in [-0.05, 0) is 43.5 Å². The summed E-state index contributed by atoms with van der Waals surface area (Å²) < 4.78 is 18.7. The molecular formula is C28H28N4O6. The Morgan fingerprint density at radius 3 is 2.66 bits per heavy atom. The molecule has 4 aliphatic heterocycles. The molecule has 0 amide bonds. The van der Waals surface area contributed by atoms with Crippen molar-refractivity contribution < 1.29 is 23.8 Å². The van der Waals surface area contributed by atoms with Crippen molar-refractivity contribution in [3.63, 3.8) is 0 Å². The van der Waals surface area contributed by atoms with Gasteiger partial charge in [0.15, 0.2) is 0 Å². The molecule has 2 N–H and O–H groups in total. The predicted molar refractivity (Wildman–Crippen MR) is 139 cm³/mol. The molecule has 10 nitrogen and oxygen atoms in total. The number of nitrogens with zero attached hydrogens (tertiary/aromatic N) is 3. The maximum atomic E-state index is 13.9. The van der Waals surface area contributed by atoms with Crippen LogP contribution in [0.15, 0.2) is 29.1 Å². The van der Waals surface area contributed by atoms with E-state index in [0.717, 1.165) is 48.1 Å². The molecule has 38 heavy (non-hydrogen) atoms. The van der Waals surface area contributed by atoms with Gasteiger partial charge in [0.1, 0.15) is 6.61 Å². The van der Waals surface area contributed by atoms with Crippen LogP contribution in [0.25, 0.3) is 22.3 Å². The Kier molecular flexibility index (Phi) is 4.91. The molecule has 0 radical (unpaired) electrons. The number of morpholine rings is 1. The molecule has 2 aromatic heterocycles. The number of fused-ring (bicyclic) bond motifs is 7. The van der Waals surface area contributed by atoms with Gasteiger partial charge in [-0.2, -0.15) is 0 Å².